The number of aliphatic carboxylic acids is 1. The Balaban J connectivity index is 1.55. The topological polar surface area (TPSA) is 128 Å². The normalized spacial score (nSPS) is 12.6. The molecule has 0 unspecified atom stereocenters. The van der Waals surface area contributed by atoms with E-state index in [1.165, 1.54) is 31.6 Å². The lowest BCUT2D eigenvalue weighted by atomic mass is 9.93. The Kier molecular flexibility index (Phi) is 9.82. The maximum atomic E-state index is 13.6. The number of hydrogen-bond donors (Lipinski definition) is 3. The van der Waals surface area contributed by atoms with E-state index in [0.29, 0.717) is 21.9 Å². The molecule has 10 nitrogen and oxygen atoms in total. The van der Waals surface area contributed by atoms with Crippen molar-refractivity contribution >= 4 is 40.5 Å². The van der Waals surface area contributed by atoms with Crippen molar-refractivity contribution in [2.45, 2.75) is 38.6 Å². The molecule has 0 atom stereocenters. The number of carboxylic acid groups (broad SMARTS) is 1. The molecule has 10 heteroatoms. The van der Waals surface area contributed by atoms with Crippen LogP contribution in [0.3, 0.4) is 0 Å². The smallest absolute Gasteiger partial charge is 0.326 e. The van der Waals surface area contributed by atoms with Crippen molar-refractivity contribution in [3.63, 3.8) is 0 Å². The fourth-order valence-corrected chi connectivity index (χ4v) is 4.56. The minimum atomic E-state index is -0.988. The first-order chi connectivity index (χ1) is 19.8. The summed E-state index contributed by atoms with van der Waals surface area (Å²) in [5.41, 5.74) is 4.95. The summed E-state index contributed by atoms with van der Waals surface area (Å²) < 4.78 is 0. The van der Waals surface area contributed by atoms with Gasteiger partial charge in [0.1, 0.15) is 0 Å². The molecular weight excluding hydrogens is 524 g/mol. The van der Waals surface area contributed by atoms with Crippen LogP contribution in [0.5, 0.6) is 0 Å². The van der Waals surface area contributed by atoms with Crippen LogP contribution < -0.4 is 15.5 Å². The number of benzene rings is 3. The van der Waals surface area contributed by atoms with E-state index >= 15 is 0 Å². The van der Waals surface area contributed by atoms with Gasteiger partial charge in [-0.2, -0.15) is 0 Å². The van der Waals surface area contributed by atoms with E-state index in [0.717, 1.165) is 24.0 Å². The van der Waals surface area contributed by atoms with E-state index in [1.807, 2.05) is 24.3 Å². The summed E-state index contributed by atoms with van der Waals surface area (Å²) in [5, 5.41) is 14.2. The lowest BCUT2D eigenvalue weighted by molar-refractivity contribution is -0.736. The summed E-state index contributed by atoms with van der Waals surface area (Å²) >= 11 is 0. The third-order valence-electron chi connectivity index (χ3n) is 6.74. The number of nitrogens with zero attached hydrogens (tertiary/aromatic N) is 2. The van der Waals surface area contributed by atoms with Crippen molar-refractivity contribution < 1.29 is 29.3 Å². The van der Waals surface area contributed by atoms with Crippen molar-refractivity contribution in [1.29, 1.82) is 0 Å². The Hall–Kier alpha value is -4.99. The first kappa shape index (κ1) is 29.0. The predicted octanol–water partition coefficient (Wildman–Crippen LogP) is 6.06. The molecule has 3 aromatic rings. The fourth-order valence-electron chi connectivity index (χ4n) is 4.56. The van der Waals surface area contributed by atoms with Crippen LogP contribution in [0.2, 0.25) is 0 Å². The number of allylic oxidation sites excluding steroid dienone is 2. The Bertz CT molecular complexity index is 1430. The zero-order valence-corrected chi connectivity index (χ0v) is 22.8. The monoisotopic (exact) mass is 557 g/mol. The van der Waals surface area contributed by atoms with Gasteiger partial charge < -0.3 is 15.7 Å². The Morgan fingerprint density at radius 3 is 2.41 bits per heavy atom. The predicted molar refractivity (Wildman–Crippen MR) is 156 cm³/mol. The average Bonchev–Trinajstić information content (AvgIpc) is 3.00. The molecule has 1 aliphatic rings. The Morgan fingerprint density at radius 1 is 1.00 bits per heavy atom. The molecule has 4 rings (SSSR count). The van der Waals surface area contributed by atoms with Crippen LogP contribution in [0.25, 0.3) is 5.57 Å². The maximum absolute atomic E-state index is 13.6. The SMILES string of the molecule is CO[N+](=O)c1cccc(NC(=O)N(Cc2ccc(C(=O)NCCC(=O)O)cc2)c2ccc(C3=CCCCC3)cc2)c1. The summed E-state index contributed by atoms with van der Waals surface area (Å²) in [4.78, 5) is 55.1. The molecule has 1 aliphatic carbocycles. The van der Waals surface area contributed by atoms with Crippen molar-refractivity contribution in [3.05, 3.63) is 100 Å². The molecule has 0 heterocycles. The molecule has 0 fully saturated rings. The largest absolute Gasteiger partial charge is 0.481 e. The average molecular weight is 558 g/mol. The number of carboxylic acids is 1. The van der Waals surface area contributed by atoms with Gasteiger partial charge in [0.2, 0.25) is 0 Å². The molecule has 3 N–H and O–H groups in total. The van der Waals surface area contributed by atoms with Gasteiger partial charge in [-0.15, -0.1) is 0 Å². The minimum absolute atomic E-state index is 0.0342. The van der Waals surface area contributed by atoms with Gasteiger partial charge in [0.25, 0.3) is 10.8 Å². The van der Waals surface area contributed by atoms with Gasteiger partial charge in [0.05, 0.1) is 17.9 Å². The summed E-state index contributed by atoms with van der Waals surface area (Å²) in [6, 6.07) is 20.6. The van der Waals surface area contributed by atoms with Crippen LogP contribution in [0.4, 0.5) is 21.9 Å². The van der Waals surface area contributed by atoms with Gasteiger partial charge in [-0.05, 0) is 72.7 Å². The highest BCUT2D eigenvalue weighted by Gasteiger charge is 2.20. The molecule has 0 radical (unpaired) electrons. The van der Waals surface area contributed by atoms with E-state index < -0.39 is 12.0 Å². The molecule has 0 bridgehead atoms. The van der Waals surface area contributed by atoms with Crippen LogP contribution >= 0.6 is 0 Å². The zero-order chi connectivity index (χ0) is 29.2. The Labute approximate surface area is 238 Å². The molecule has 0 spiro atoms. The van der Waals surface area contributed by atoms with Crippen molar-refractivity contribution in [2.24, 2.45) is 0 Å². The molecule has 3 aromatic carbocycles. The highest BCUT2D eigenvalue weighted by Crippen LogP contribution is 2.29. The molecule has 212 valence electrons. The molecule has 0 saturated carbocycles. The molecule has 0 aliphatic heterocycles. The third-order valence-corrected chi connectivity index (χ3v) is 6.74. The number of carbonyl (C=O) groups is 3. The lowest BCUT2D eigenvalue weighted by Gasteiger charge is -2.24. The molecule has 0 aromatic heterocycles. The number of anilines is 2. The van der Waals surface area contributed by atoms with Gasteiger partial charge in [0.15, 0.2) is 7.11 Å². The van der Waals surface area contributed by atoms with Crippen molar-refractivity contribution in [3.8, 4) is 0 Å². The maximum Gasteiger partial charge on any atom is 0.326 e. The minimum Gasteiger partial charge on any atom is -0.481 e. The molecule has 3 amide bonds. The molecule has 0 saturated heterocycles. The van der Waals surface area contributed by atoms with Gasteiger partial charge >= 0.3 is 17.7 Å². The number of hydrogen-bond acceptors (Lipinski definition) is 5. The summed E-state index contributed by atoms with van der Waals surface area (Å²) in [7, 11) is 1.26. The van der Waals surface area contributed by atoms with Crippen LogP contribution in [-0.2, 0) is 16.2 Å². The van der Waals surface area contributed by atoms with Crippen LogP contribution in [0.15, 0.2) is 78.9 Å². The number of carbonyl (C=O) groups excluding carboxylic acids is 2. The van der Waals surface area contributed by atoms with E-state index in [2.05, 4.69) is 16.7 Å². The van der Waals surface area contributed by atoms with Gasteiger partial charge in [-0.25, -0.2) is 9.63 Å². The Morgan fingerprint density at radius 2 is 1.76 bits per heavy atom. The van der Waals surface area contributed by atoms with E-state index in [1.54, 1.807) is 47.4 Å². The highest BCUT2D eigenvalue weighted by molar-refractivity contribution is 6.02. The van der Waals surface area contributed by atoms with Crippen LogP contribution in [0.1, 0.15) is 53.6 Å². The van der Waals surface area contributed by atoms with Crippen molar-refractivity contribution in [1.82, 2.24) is 5.32 Å². The third kappa shape index (κ3) is 8.01. The van der Waals surface area contributed by atoms with Crippen molar-refractivity contribution in [2.75, 3.05) is 23.9 Å². The first-order valence-corrected chi connectivity index (χ1v) is 13.4. The summed E-state index contributed by atoms with van der Waals surface area (Å²) in [6.07, 6.45) is 6.59. The number of amides is 3. The van der Waals surface area contributed by atoms with Crippen LogP contribution in [0, 0.1) is 4.91 Å². The van der Waals surface area contributed by atoms with Gasteiger partial charge in [-0.1, -0.05) is 36.4 Å². The lowest BCUT2D eigenvalue weighted by Crippen LogP contribution is -2.34. The van der Waals surface area contributed by atoms with E-state index in [9.17, 15) is 19.3 Å². The standard InChI is InChI=1S/C31H32N4O6/c1-41-35(40)28-9-5-8-26(20-28)33-31(39)34(27-16-14-24(15-17-27)23-6-3-2-4-7-23)21-22-10-12-25(13-11-22)30(38)32-19-18-29(36)37/h5-6,8-17,20H,2-4,7,18-19,21H2,1H3,(H2-,32,33,36,37,38,39)/p+1. The second kappa shape index (κ2) is 13.9. The van der Waals surface area contributed by atoms with Gasteiger partial charge in [-0.3, -0.25) is 14.5 Å². The number of urea groups is 1. The number of rotatable bonds is 11. The van der Waals surface area contributed by atoms with E-state index in [4.69, 9.17) is 9.94 Å². The second-order valence-corrected chi connectivity index (χ2v) is 9.62. The molecular formula is C31H33N4O6+. The quantitative estimate of drug-likeness (QED) is 0.246. The fraction of sp³-hybridized carbons (Fsp3) is 0.258. The second-order valence-electron chi connectivity index (χ2n) is 9.62. The van der Waals surface area contributed by atoms with E-state index in [-0.39, 0.29) is 31.1 Å². The highest BCUT2D eigenvalue weighted by atomic mass is 16.8. The van der Waals surface area contributed by atoms with Crippen LogP contribution in [-0.4, -0.2) is 41.6 Å². The first-order valence-electron chi connectivity index (χ1n) is 13.4. The number of nitrogens with one attached hydrogen (secondary N) is 2. The molecule has 41 heavy (non-hydrogen) atoms. The summed E-state index contributed by atoms with van der Waals surface area (Å²) in [6.45, 7) is 0.243. The van der Waals surface area contributed by atoms with Gasteiger partial charge in [0, 0.05) is 35.6 Å². The summed E-state index contributed by atoms with van der Waals surface area (Å²) in [5.74, 6) is -1.36. The zero-order valence-electron chi connectivity index (χ0n) is 22.8.